The van der Waals surface area contributed by atoms with Gasteiger partial charge in [-0.15, -0.1) is 11.3 Å². The van der Waals surface area contributed by atoms with Gasteiger partial charge in [-0.05, 0) is 55.7 Å². The number of rotatable bonds is 11. The maximum absolute atomic E-state index is 13.2. The highest BCUT2D eigenvalue weighted by Crippen LogP contribution is 2.23. The van der Waals surface area contributed by atoms with Gasteiger partial charge in [0.1, 0.15) is 23.1 Å². The number of hydrogen-bond acceptors (Lipinski definition) is 6. The Morgan fingerprint density at radius 1 is 1.12 bits per heavy atom. The van der Waals surface area contributed by atoms with Crippen LogP contribution in [0.4, 0.5) is 0 Å². The third-order valence-electron chi connectivity index (χ3n) is 5.24. The zero-order valence-corrected chi connectivity index (χ0v) is 19.9. The molecular weight excluding hydrogens is 424 g/mol. The molecule has 0 spiro atoms. The SMILES string of the molecule is COCCCN(Cc1csc(COc2cccc(C)c2C)n1)C(=O)c1cccc(OC)c1. The molecule has 0 aliphatic carbocycles. The summed E-state index contributed by atoms with van der Waals surface area (Å²) in [5.74, 6) is 1.48. The maximum atomic E-state index is 13.2. The van der Waals surface area contributed by atoms with E-state index in [-0.39, 0.29) is 5.91 Å². The molecule has 0 saturated carbocycles. The zero-order valence-electron chi connectivity index (χ0n) is 19.1. The first-order chi connectivity index (χ1) is 15.5. The van der Waals surface area contributed by atoms with Crippen LogP contribution in [0.5, 0.6) is 11.5 Å². The monoisotopic (exact) mass is 454 g/mol. The quantitative estimate of drug-likeness (QED) is 0.381. The van der Waals surface area contributed by atoms with Crippen LogP contribution < -0.4 is 9.47 Å². The van der Waals surface area contributed by atoms with Gasteiger partial charge in [0.2, 0.25) is 0 Å². The second-order valence-electron chi connectivity index (χ2n) is 7.52. The molecule has 32 heavy (non-hydrogen) atoms. The van der Waals surface area contributed by atoms with Crippen LogP contribution in [-0.2, 0) is 17.9 Å². The number of amides is 1. The standard InChI is InChI=1S/C25H30N2O4S/c1-18-8-5-11-23(19(18)2)31-16-24-26-21(17-32-24)15-27(12-7-13-29-3)25(28)20-9-6-10-22(14-20)30-4/h5-6,8-11,14,17H,7,12-13,15-16H2,1-4H3. The van der Waals surface area contributed by atoms with Crippen molar-refractivity contribution < 1.29 is 19.0 Å². The summed E-state index contributed by atoms with van der Waals surface area (Å²) in [7, 11) is 3.26. The van der Waals surface area contributed by atoms with Crippen molar-refractivity contribution in [2.24, 2.45) is 0 Å². The Kier molecular flexibility index (Phi) is 8.64. The largest absolute Gasteiger partial charge is 0.497 e. The Balaban J connectivity index is 1.68. The molecule has 6 nitrogen and oxygen atoms in total. The summed E-state index contributed by atoms with van der Waals surface area (Å²) in [6, 6.07) is 13.3. The minimum atomic E-state index is -0.0545. The fourth-order valence-electron chi connectivity index (χ4n) is 3.29. The average molecular weight is 455 g/mol. The molecular formula is C25H30N2O4S. The summed E-state index contributed by atoms with van der Waals surface area (Å²) in [6.07, 6.45) is 0.749. The summed E-state index contributed by atoms with van der Waals surface area (Å²) in [6.45, 7) is 6.13. The lowest BCUT2D eigenvalue weighted by molar-refractivity contribution is 0.0721. The van der Waals surface area contributed by atoms with Gasteiger partial charge >= 0.3 is 0 Å². The maximum Gasteiger partial charge on any atom is 0.254 e. The molecule has 3 rings (SSSR count). The molecule has 0 radical (unpaired) electrons. The van der Waals surface area contributed by atoms with Crippen LogP contribution in [0.3, 0.4) is 0 Å². The number of aromatic nitrogens is 1. The highest BCUT2D eigenvalue weighted by molar-refractivity contribution is 7.09. The molecule has 1 aromatic heterocycles. The molecule has 0 saturated heterocycles. The van der Waals surface area contributed by atoms with Crippen molar-refractivity contribution in [1.82, 2.24) is 9.88 Å². The van der Waals surface area contributed by atoms with Gasteiger partial charge in [-0.1, -0.05) is 18.2 Å². The van der Waals surface area contributed by atoms with Gasteiger partial charge in [0, 0.05) is 31.2 Å². The highest BCUT2D eigenvalue weighted by Gasteiger charge is 2.18. The molecule has 1 heterocycles. The van der Waals surface area contributed by atoms with Crippen LogP contribution in [0.15, 0.2) is 47.8 Å². The molecule has 0 N–H and O–H groups in total. The predicted molar refractivity (Wildman–Crippen MR) is 127 cm³/mol. The third-order valence-corrected chi connectivity index (χ3v) is 6.11. The molecule has 0 aliphatic rings. The van der Waals surface area contributed by atoms with Crippen molar-refractivity contribution >= 4 is 17.2 Å². The third kappa shape index (κ3) is 6.31. The highest BCUT2D eigenvalue weighted by atomic mass is 32.1. The van der Waals surface area contributed by atoms with Gasteiger partial charge < -0.3 is 19.1 Å². The molecule has 0 aliphatic heterocycles. The number of nitrogens with zero attached hydrogens (tertiary/aromatic N) is 2. The first kappa shape index (κ1) is 23.8. The molecule has 0 bridgehead atoms. The molecule has 7 heteroatoms. The topological polar surface area (TPSA) is 60.9 Å². The van der Waals surface area contributed by atoms with Crippen molar-refractivity contribution in [2.45, 2.75) is 33.4 Å². The molecule has 2 aromatic carbocycles. The van der Waals surface area contributed by atoms with E-state index in [2.05, 4.69) is 19.9 Å². The summed E-state index contributed by atoms with van der Waals surface area (Å²) in [4.78, 5) is 19.7. The Hall–Kier alpha value is -2.90. The van der Waals surface area contributed by atoms with Crippen LogP contribution in [0.2, 0.25) is 0 Å². The van der Waals surface area contributed by atoms with E-state index in [1.807, 2.05) is 29.6 Å². The minimum absolute atomic E-state index is 0.0545. The lowest BCUT2D eigenvalue weighted by atomic mass is 10.1. The summed E-state index contributed by atoms with van der Waals surface area (Å²) >= 11 is 1.54. The van der Waals surface area contributed by atoms with E-state index in [1.54, 1.807) is 42.6 Å². The predicted octanol–water partition coefficient (Wildman–Crippen LogP) is 5.03. The number of ether oxygens (including phenoxy) is 3. The Morgan fingerprint density at radius 3 is 2.72 bits per heavy atom. The second kappa shape index (κ2) is 11.6. The molecule has 0 atom stereocenters. The average Bonchev–Trinajstić information content (AvgIpc) is 3.26. The van der Waals surface area contributed by atoms with E-state index in [0.29, 0.717) is 37.6 Å². The zero-order chi connectivity index (χ0) is 22.9. The Labute approximate surface area is 193 Å². The summed E-state index contributed by atoms with van der Waals surface area (Å²) in [5, 5.41) is 2.87. The molecule has 1 amide bonds. The fraction of sp³-hybridized carbons (Fsp3) is 0.360. The van der Waals surface area contributed by atoms with E-state index >= 15 is 0 Å². The van der Waals surface area contributed by atoms with Gasteiger partial charge in [0.05, 0.1) is 19.3 Å². The first-order valence-corrected chi connectivity index (χ1v) is 11.4. The van der Waals surface area contributed by atoms with Crippen LogP contribution in [0, 0.1) is 13.8 Å². The van der Waals surface area contributed by atoms with Gasteiger partial charge in [-0.3, -0.25) is 4.79 Å². The first-order valence-electron chi connectivity index (χ1n) is 10.6. The van der Waals surface area contributed by atoms with Gasteiger partial charge in [0.15, 0.2) is 0 Å². The molecule has 0 fully saturated rings. The van der Waals surface area contributed by atoms with Crippen LogP contribution in [0.25, 0.3) is 0 Å². The Bertz CT molecular complexity index is 1030. The van der Waals surface area contributed by atoms with Crippen LogP contribution in [0.1, 0.15) is 38.6 Å². The lowest BCUT2D eigenvalue weighted by Crippen LogP contribution is -2.32. The van der Waals surface area contributed by atoms with Crippen molar-refractivity contribution in [3.8, 4) is 11.5 Å². The number of hydrogen-bond donors (Lipinski definition) is 0. The molecule has 0 unspecified atom stereocenters. The smallest absolute Gasteiger partial charge is 0.254 e. The van der Waals surface area contributed by atoms with Crippen molar-refractivity contribution in [1.29, 1.82) is 0 Å². The normalized spacial score (nSPS) is 10.8. The van der Waals surface area contributed by atoms with E-state index in [1.165, 1.54) is 5.56 Å². The van der Waals surface area contributed by atoms with Gasteiger partial charge in [-0.25, -0.2) is 4.98 Å². The summed E-state index contributed by atoms with van der Waals surface area (Å²) < 4.78 is 16.4. The fourth-order valence-corrected chi connectivity index (χ4v) is 3.99. The van der Waals surface area contributed by atoms with E-state index in [4.69, 9.17) is 19.2 Å². The van der Waals surface area contributed by atoms with Gasteiger partial charge in [0.25, 0.3) is 5.91 Å². The van der Waals surface area contributed by atoms with Crippen LogP contribution >= 0.6 is 11.3 Å². The number of carbonyl (C=O) groups excluding carboxylic acids is 1. The van der Waals surface area contributed by atoms with Crippen molar-refractivity contribution in [3.05, 3.63) is 75.2 Å². The van der Waals surface area contributed by atoms with Crippen molar-refractivity contribution in [2.75, 3.05) is 27.4 Å². The number of methoxy groups -OCH3 is 2. The molecule has 170 valence electrons. The lowest BCUT2D eigenvalue weighted by Gasteiger charge is -2.22. The van der Waals surface area contributed by atoms with Gasteiger partial charge in [-0.2, -0.15) is 0 Å². The van der Waals surface area contributed by atoms with Crippen molar-refractivity contribution in [3.63, 3.8) is 0 Å². The Morgan fingerprint density at radius 2 is 1.94 bits per heavy atom. The number of thiazole rings is 1. The minimum Gasteiger partial charge on any atom is -0.497 e. The number of benzene rings is 2. The molecule has 3 aromatic rings. The van der Waals surface area contributed by atoms with E-state index < -0.39 is 0 Å². The summed E-state index contributed by atoms with van der Waals surface area (Å²) in [5.41, 5.74) is 3.78. The van der Waals surface area contributed by atoms with E-state index in [0.717, 1.165) is 28.4 Å². The van der Waals surface area contributed by atoms with Crippen LogP contribution in [-0.4, -0.2) is 43.2 Å². The number of aryl methyl sites for hydroxylation is 1. The number of carbonyl (C=O) groups is 1. The second-order valence-corrected chi connectivity index (χ2v) is 8.47. The van der Waals surface area contributed by atoms with E-state index in [9.17, 15) is 4.79 Å².